The van der Waals surface area contributed by atoms with Crippen molar-refractivity contribution < 1.29 is 0 Å². The Morgan fingerprint density at radius 3 is 2.58 bits per heavy atom. The molecule has 0 radical (unpaired) electrons. The summed E-state index contributed by atoms with van der Waals surface area (Å²) in [4.78, 5) is 17.3. The highest BCUT2D eigenvalue weighted by atomic mass is 35.5. The van der Waals surface area contributed by atoms with Crippen LogP contribution in [0.3, 0.4) is 0 Å². The van der Waals surface area contributed by atoms with E-state index in [0.29, 0.717) is 34.5 Å². The molecule has 0 fully saturated rings. The Labute approximate surface area is 199 Å². The predicted molar refractivity (Wildman–Crippen MR) is 132 cm³/mol. The van der Waals surface area contributed by atoms with Gasteiger partial charge in [-0.25, -0.2) is 4.98 Å². The minimum atomic E-state index is -0.0955. The molecule has 0 unspecified atom stereocenters. The Hall–Kier alpha value is -3.42. The normalized spacial score (nSPS) is 11.2. The van der Waals surface area contributed by atoms with E-state index in [2.05, 4.69) is 26.9 Å². The van der Waals surface area contributed by atoms with Crippen LogP contribution in [0.2, 0.25) is 5.02 Å². The molecule has 8 heteroatoms. The maximum absolute atomic E-state index is 12.6. The first kappa shape index (κ1) is 21.4. The molecule has 0 N–H and O–H groups in total. The highest BCUT2D eigenvalue weighted by molar-refractivity contribution is 7.98. The van der Waals surface area contributed by atoms with Gasteiger partial charge in [0, 0.05) is 23.6 Å². The molecule has 0 aliphatic carbocycles. The van der Waals surface area contributed by atoms with Crippen molar-refractivity contribution in [3.63, 3.8) is 0 Å². The summed E-state index contributed by atoms with van der Waals surface area (Å²) in [5.41, 5.74) is 4.18. The second-order valence-electron chi connectivity index (χ2n) is 7.62. The van der Waals surface area contributed by atoms with Crippen LogP contribution in [0.5, 0.6) is 0 Å². The fourth-order valence-corrected chi connectivity index (χ4v) is 4.72. The number of aryl methyl sites for hydroxylation is 1. The van der Waals surface area contributed by atoms with Crippen LogP contribution in [0, 0.1) is 6.92 Å². The summed E-state index contributed by atoms with van der Waals surface area (Å²) in [6.07, 6.45) is 1.74. The predicted octanol–water partition coefficient (Wildman–Crippen LogP) is 5.26. The lowest BCUT2D eigenvalue weighted by atomic mass is 10.2. The lowest BCUT2D eigenvalue weighted by molar-refractivity contribution is 0.714. The quantitative estimate of drug-likeness (QED) is 0.315. The number of hydrogen-bond acceptors (Lipinski definition) is 5. The monoisotopic (exact) mass is 473 g/mol. The van der Waals surface area contributed by atoms with E-state index in [4.69, 9.17) is 16.6 Å². The van der Waals surface area contributed by atoms with E-state index in [-0.39, 0.29) is 5.56 Å². The fraction of sp³-hybridized carbons (Fsp3) is 0.120. The molecule has 164 valence electrons. The van der Waals surface area contributed by atoms with E-state index in [9.17, 15) is 4.79 Å². The standard InChI is InChI=1S/C25H20ClN5OS/c1-17-8-7-13-30-22(32)14-19(27-23(17)30)16-33-25-29-28-24(20-11-5-6-12-21(20)26)31(25)15-18-9-3-2-4-10-18/h2-14H,15-16H2,1H3. The Kier molecular flexibility index (Phi) is 5.98. The molecule has 3 aromatic heterocycles. The first-order valence-electron chi connectivity index (χ1n) is 10.4. The van der Waals surface area contributed by atoms with E-state index < -0.39 is 0 Å². The third kappa shape index (κ3) is 4.42. The van der Waals surface area contributed by atoms with E-state index in [1.165, 1.54) is 11.8 Å². The summed E-state index contributed by atoms with van der Waals surface area (Å²) in [6.45, 7) is 2.55. The maximum atomic E-state index is 12.6. The van der Waals surface area contributed by atoms with Crippen LogP contribution in [-0.4, -0.2) is 24.1 Å². The number of hydrogen-bond donors (Lipinski definition) is 0. The van der Waals surface area contributed by atoms with Crippen LogP contribution in [0.15, 0.2) is 88.9 Å². The minimum absolute atomic E-state index is 0.0955. The van der Waals surface area contributed by atoms with Crippen molar-refractivity contribution in [1.29, 1.82) is 0 Å². The molecule has 0 amide bonds. The molecular weight excluding hydrogens is 454 g/mol. The van der Waals surface area contributed by atoms with Gasteiger partial charge in [0.1, 0.15) is 5.65 Å². The number of halogens is 1. The molecule has 0 aliphatic heterocycles. The van der Waals surface area contributed by atoms with Crippen molar-refractivity contribution in [1.82, 2.24) is 24.1 Å². The van der Waals surface area contributed by atoms with E-state index in [1.54, 1.807) is 16.7 Å². The van der Waals surface area contributed by atoms with Crippen LogP contribution in [0.4, 0.5) is 0 Å². The number of thioether (sulfide) groups is 1. The van der Waals surface area contributed by atoms with Gasteiger partial charge in [-0.1, -0.05) is 71.9 Å². The second-order valence-corrected chi connectivity index (χ2v) is 8.97. The van der Waals surface area contributed by atoms with Gasteiger partial charge in [0.15, 0.2) is 11.0 Å². The Balaban J connectivity index is 1.51. The number of fused-ring (bicyclic) bond motifs is 1. The lowest BCUT2D eigenvalue weighted by Crippen LogP contribution is -2.15. The van der Waals surface area contributed by atoms with Crippen molar-refractivity contribution in [2.75, 3.05) is 0 Å². The van der Waals surface area contributed by atoms with Crippen molar-refractivity contribution in [2.45, 2.75) is 24.4 Å². The summed E-state index contributed by atoms with van der Waals surface area (Å²) in [5.74, 6) is 1.20. The first-order chi connectivity index (χ1) is 16.1. The van der Waals surface area contributed by atoms with Crippen LogP contribution in [0.1, 0.15) is 16.8 Å². The van der Waals surface area contributed by atoms with Gasteiger partial charge in [0.2, 0.25) is 0 Å². The summed E-state index contributed by atoms with van der Waals surface area (Å²) in [7, 11) is 0. The van der Waals surface area contributed by atoms with Gasteiger partial charge in [-0.3, -0.25) is 13.8 Å². The molecule has 0 bridgehead atoms. The van der Waals surface area contributed by atoms with Gasteiger partial charge < -0.3 is 0 Å². The first-order valence-corrected chi connectivity index (χ1v) is 11.8. The van der Waals surface area contributed by atoms with Gasteiger partial charge >= 0.3 is 0 Å². The minimum Gasteiger partial charge on any atom is -0.297 e. The largest absolute Gasteiger partial charge is 0.297 e. The third-order valence-electron chi connectivity index (χ3n) is 5.30. The molecule has 0 atom stereocenters. The second kappa shape index (κ2) is 9.21. The molecule has 0 saturated heterocycles. The molecule has 0 spiro atoms. The van der Waals surface area contributed by atoms with Gasteiger partial charge in [0.05, 0.1) is 17.3 Å². The maximum Gasteiger partial charge on any atom is 0.258 e. The van der Waals surface area contributed by atoms with E-state index in [0.717, 1.165) is 21.8 Å². The van der Waals surface area contributed by atoms with Crippen molar-refractivity contribution in [2.24, 2.45) is 0 Å². The number of benzene rings is 2. The summed E-state index contributed by atoms with van der Waals surface area (Å²) in [6, 6.07) is 23.1. The smallest absolute Gasteiger partial charge is 0.258 e. The molecule has 6 nitrogen and oxygen atoms in total. The van der Waals surface area contributed by atoms with Crippen LogP contribution in [0.25, 0.3) is 17.0 Å². The summed E-state index contributed by atoms with van der Waals surface area (Å²) in [5, 5.41) is 10.3. The Morgan fingerprint density at radius 1 is 0.970 bits per heavy atom. The molecular formula is C25H20ClN5OS. The third-order valence-corrected chi connectivity index (χ3v) is 6.63. The number of rotatable bonds is 6. The number of nitrogens with zero attached hydrogens (tertiary/aromatic N) is 5. The molecule has 5 rings (SSSR count). The average Bonchev–Trinajstić information content (AvgIpc) is 3.21. The molecule has 33 heavy (non-hydrogen) atoms. The average molecular weight is 474 g/mol. The molecule has 0 aliphatic rings. The van der Waals surface area contributed by atoms with E-state index >= 15 is 0 Å². The molecule has 0 saturated carbocycles. The lowest BCUT2D eigenvalue weighted by Gasteiger charge is -2.11. The van der Waals surface area contributed by atoms with Crippen molar-refractivity contribution in [3.05, 3.63) is 111 Å². The van der Waals surface area contributed by atoms with Crippen molar-refractivity contribution in [3.8, 4) is 11.4 Å². The van der Waals surface area contributed by atoms with E-state index in [1.807, 2.05) is 61.5 Å². The van der Waals surface area contributed by atoms with Gasteiger partial charge in [0.25, 0.3) is 5.56 Å². The van der Waals surface area contributed by atoms with Crippen LogP contribution < -0.4 is 5.56 Å². The number of aromatic nitrogens is 5. The highest BCUT2D eigenvalue weighted by Crippen LogP contribution is 2.31. The van der Waals surface area contributed by atoms with Crippen LogP contribution >= 0.6 is 23.4 Å². The highest BCUT2D eigenvalue weighted by Gasteiger charge is 2.17. The molecule has 3 heterocycles. The van der Waals surface area contributed by atoms with Crippen LogP contribution in [-0.2, 0) is 12.3 Å². The summed E-state index contributed by atoms with van der Waals surface area (Å²) < 4.78 is 3.62. The fourth-order valence-electron chi connectivity index (χ4n) is 3.67. The zero-order valence-electron chi connectivity index (χ0n) is 17.9. The van der Waals surface area contributed by atoms with Gasteiger partial charge in [-0.2, -0.15) is 0 Å². The Morgan fingerprint density at radius 2 is 1.76 bits per heavy atom. The SMILES string of the molecule is Cc1cccn2c(=O)cc(CSc3nnc(-c4ccccc4Cl)n3Cc3ccccc3)nc12. The summed E-state index contributed by atoms with van der Waals surface area (Å²) >= 11 is 7.97. The topological polar surface area (TPSA) is 65.1 Å². The number of pyridine rings is 1. The van der Waals surface area contributed by atoms with Gasteiger partial charge in [-0.15, -0.1) is 10.2 Å². The van der Waals surface area contributed by atoms with Crippen molar-refractivity contribution >= 4 is 29.0 Å². The molecule has 2 aromatic carbocycles. The molecule has 5 aromatic rings. The van der Waals surface area contributed by atoms with Gasteiger partial charge in [-0.05, 0) is 36.2 Å². The zero-order valence-corrected chi connectivity index (χ0v) is 19.4. The zero-order chi connectivity index (χ0) is 22.8. The Bertz CT molecular complexity index is 1500.